The van der Waals surface area contributed by atoms with Gasteiger partial charge in [0.2, 0.25) is 0 Å². The van der Waals surface area contributed by atoms with Gasteiger partial charge in [-0.25, -0.2) is 0 Å². The highest BCUT2D eigenvalue weighted by Crippen LogP contribution is 2.55. The molecule has 2 aliphatic carbocycles. The van der Waals surface area contributed by atoms with Gasteiger partial charge >= 0.3 is 0 Å². The van der Waals surface area contributed by atoms with Gasteiger partial charge in [-0.3, -0.25) is 4.98 Å². The zero-order valence-electron chi connectivity index (χ0n) is 19.3. The van der Waals surface area contributed by atoms with Crippen LogP contribution in [0.4, 0.5) is 17.1 Å². The molecule has 0 saturated heterocycles. The summed E-state index contributed by atoms with van der Waals surface area (Å²) in [7, 11) is 0. The highest BCUT2D eigenvalue weighted by Gasteiger charge is 2.36. The van der Waals surface area contributed by atoms with Crippen LogP contribution in [0.5, 0.6) is 0 Å². The first kappa shape index (κ1) is 18.2. The number of anilines is 3. The van der Waals surface area contributed by atoms with E-state index in [2.05, 4.69) is 82.7 Å². The van der Waals surface area contributed by atoms with E-state index in [0.29, 0.717) is 0 Å². The Bertz CT molecular complexity index is 1760. The number of benzene rings is 4. The molecule has 0 saturated carbocycles. The molecule has 164 valence electrons. The summed E-state index contributed by atoms with van der Waals surface area (Å²) >= 11 is 0. The number of hydrogen-bond acceptors (Lipinski definition) is 2. The third kappa shape index (κ3) is 2.23. The van der Waals surface area contributed by atoms with Gasteiger partial charge in [0.15, 0.2) is 0 Å². The summed E-state index contributed by atoms with van der Waals surface area (Å²) in [5.74, 6) is 0. The lowest BCUT2D eigenvalue weighted by Gasteiger charge is -2.40. The molecule has 4 aliphatic rings. The van der Waals surface area contributed by atoms with E-state index >= 15 is 0 Å². The first-order valence-electron chi connectivity index (χ1n) is 12.6. The summed E-state index contributed by atoms with van der Waals surface area (Å²) in [5, 5.41) is 0. The average Bonchev–Trinajstić information content (AvgIpc) is 3.47. The second kappa shape index (κ2) is 6.28. The summed E-state index contributed by atoms with van der Waals surface area (Å²) in [5.41, 5.74) is 21.5. The number of hydrogen-bond donors (Lipinski definition) is 0. The predicted octanol–water partition coefficient (Wildman–Crippen LogP) is 7.50. The molecule has 0 radical (unpaired) electrons. The summed E-state index contributed by atoms with van der Waals surface area (Å²) < 4.78 is 0. The standard InChI is InChI=1S/C33H22N2/c1-2-7-25-19(4-1)16-27-26(25)10-8-20-14-21-9-11-30-28(32(21)31(20)27)17-23-6-3-5-22-15-24-18-34-13-12-29(24)35(30)33(22)23/h1-13,18H,14-17H2. The van der Waals surface area contributed by atoms with Crippen molar-refractivity contribution in [1.82, 2.24) is 4.98 Å². The Morgan fingerprint density at radius 1 is 0.514 bits per heavy atom. The molecule has 0 amide bonds. The van der Waals surface area contributed by atoms with Crippen LogP contribution in [-0.4, -0.2) is 4.98 Å². The van der Waals surface area contributed by atoms with Crippen molar-refractivity contribution in [2.75, 3.05) is 4.90 Å². The number of nitrogens with zero attached hydrogens (tertiary/aromatic N) is 2. The van der Waals surface area contributed by atoms with Crippen LogP contribution in [0.15, 0.2) is 85.2 Å². The number of para-hydroxylation sites is 1. The van der Waals surface area contributed by atoms with Crippen molar-refractivity contribution in [2.45, 2.75) is 25.7 Å². The van der Waals surface area contributed by atoms with Crippen LogP contribution in [0.25, 0.3) is 22.3 Å². The van der Waals surface area contributed by atoms with Crippen LogP contribution in [0.2, 0.25) is 0 Å². The van der Waals surface area contributed by atoms with Crippen molar-refractivity contribution in [2.24, 2.45) is 0 Å². The number of rotatable bonds is 0. The molecule has 35 heavy (non-hydrogen) atoms. The van der Waals surface area contributed by atoms with E-state index in [4.69, 9.17) is 0 Å². The smallest absolute Gasteiger partial charge is 0.0532 e. The topological polar surface area (TPSA) is 16.1 Å². The fourth-order valence-electron chi connectivity index (χ4n) is 7.21. The molecule has 0 unspecified atom stereocenters. The maximum atomic E-state index is 4.46. The Morgan fingerprint density at radius 3 is 2.20 bits per heavy atom. The summed E-state index contributed by atoms with van der Waals surface area (Å²) in [6.45, 7) is 0. The minimum atomic E-state index is 0.956. The molecular weight excluding hydrogens is 424 g/mol. The van der Waals surface area contributed by atoms with Crippen LogP contribution in [0, 0.1) is 0 Å². The third-order valence-electron chi connectivity index (χ3n) is 8.61. The first-order chi connectivity index (χ1) is 17.3. The van der Waals surface area contributed by atoms with Gasteiger partial charge < -0.3 is 4.90 Å². The van der Waals surface area contributed by atoms with Gasteiger partial charge in [0, 0.05) is 25.2 Å². The van der Waals surface area contributed by atoms with E-state index in [1.807, 2.05) is 12.4 Å². The third-order valence-corrected chi connectivity index (χ3v) is 8.61. The molecule has 9 rings (SSSR count). The van der Waals surface area contributed by atoms with Gasteiger partial charge in [0.05, 0.1) is 17.1 Å². The van der Waals surface area contributed by atoms with Gasteiger partial charge in [-0.15, -0.1) is 0 Å². The van der Waals surface area contributed by atoms with E-state index in [0.717, 1.165) is 25.7 Å². The summed E-state index contributed by atoms with van der Waals surface area (Å²) in [4.78, 5) is 6.98. The highest BCUT2D eigenvalue weighted by molar-refractivity contribution is 5.97. The van der Waals surface area contributed by atoms with Crippen LogP contribution in [-0.2, 0) is 25.7 Å². The maximum Gasteiger partial charge on any atom is 0.0532 e. The molecule has 0 bridgehead atoms. The summed E-state index contributed by atoms with van der Waals surface area (Å²) in [6.07, 6.45) is 8.01. The molecule has 0 N–H and O–H groups in total. The zero-order valence-corrected chi connectivity index (χ0v) is 19.3. The molecule has 2 nitrogen and oxygen atoms in total. The Kier molecular flexibility index (Phi) is 3.27. The second-order valence-corrected chi connectivity index (χ2v) is 10.4. The van der Waals surface area contributed by atoms with Gasteiger partial charge in [0.25, 0.3) is 0 Å². The molecule has 4 aromatic carbocycles. The molecule has 0 spiro atoms. The van der Waals surface area contributed by atoms with E-state index in [-0.39, 0.29) is 0 Å². The molecule has 2 heteroatoms. The van der Waals surface area contributed by atoms with Crippen LogP contribution in [0.1, 0.15) is 44.5 Å². The quantitative estimate of drug-likeness (QED) is 0.240. The molecule has 2 aliphatic heterocycles. The van der Waals surface area contributed by atoms with Crippen molar-refractivity contribution in [3.8, 4) is 22.3 Å². The molecule has 3 heterocycles. The number of aromatic nitrogens is 1. The van der Waals surface area contributed by atoms with Gasteiger partial charge in [0.1, 0.15) is 0 Å². The predicted molar refractivity (Wildman–Crippen MR) is 141 cm³/mol. The van der Waals surface area contributed by atoms with Crippen molar-refractivity contribution in [3.05, 3.63) is 130 Å². The van der Waals surface area contributed by atoms with E-state index in [9.17, 15) is 0 Å². The van der Waals surface area contributed by atoms with Gasteiger partial charge in [-0.2, -0.15) is 0 Å². The molecule has 5 aromatic rings. The van der Waals surface area contributed by atoms with E-state index in [1.165, 1.54) is 83.8 Å². The maximum absolute atomic E-state index is 4.46. The lowest BCUT2D eigenvalue weighted by Crippen LogP contribution is -2.25. The lowest BCUT2D eigenvalue weighted by atomic mass is 9.83. The van der Waals surface area contributed by atoms with Crippen LogP contribution >= 0.6 is 0 Å². The van der Waals surface area contributed by atoms with Crippen molar-refractivity contribution in [3.63, 3.8) is 0 Å². The zero-order chi connectivity index (χ0) is 22.7. The minimum absolute atomic E-state index is 0.956. The monoisotopic (exact) mass is 446 g/mol. The Labute approximate surface area is 204 Å². The molecule has 0 atom stereocenters. The average molecular weight is 447 g/mol. The Balaban J connectivity index is 1.33. The van der Waals surface area contributed by atoms with E-state index < -0.39 is 0 Å². The van der Waals surface area contributed by atoms with Gasteiger partial charge in [-0.05, 0) is 91.7 Å². The fourth-order valence-corrected chi connectivity index (χ4v) is 7.21. The second-order valence-electron chi connectivity index (χ2n) is 10.4. The fraction of sp³-hybridized carbons (Fsp3) is 0.121. The highest BCUT2D eigenvalue weighted by atomic mass is 15.2. The summed E-state index contributed by atoms with van der Waals surface area (Å²) in [6, 6.07) is 27.5. The van der Waals surface area contributed by atoms with Gasteiger partial charge in [-0.1, -0.05) is 60.7 Å². The van der Waals surface area contributed by atoms with Crippen molar-refractivity contribution in [1.29, 1.82) is 0 Å². The first-order valence-corrected chi connectivity index (χ1v) is 12.6. The number of fused-ring (bicyclic) bond motifs is 12. The lowest BCUT2D eigenvalue weighted by molar-refractivity contribution is 1.000. The minimum Gasteiger partial charge on any atom is -0.309 e. The van der Waals surface area contributed by atoms with E-state index in [1.54, 1.807) is 0 Å². The molecule has 1 aromatic heterocycles. The largest absolute Gasteiger partial charge is 0.309 e. The van der Waals surface area contributed by atoms with Crippen molar-refractivity contribution >= 4 is 17.1 Å². The normalized spacial score (nSPS) is 14.9. The molecule has 0 fully saturated rings. The number of pyridine rings is 1. The molecular formula is C33H22N2. The van der Waals surface area contributed by atoms with Crippen molar-refractivity contribution < 1.29 is 0 Å². The Morgan fingerprint density at radius 2 is 1.26 bits per heavy atom. The van der Waals surface area contributed by atoms with Crippen LogP contribution in [0.3, 0.4) is 0 Å². The SMILES string of the molecule is c1ccc2c(c1)Cc1c-2ccc2c1-c1c(ccc3c1Cc1cccc4c1N3c1ccncc1C4)C2. The van der Waals surface area contributed by atoms with Crippen LogP contribution < -0.4 is 4.90 Å². The Hall–Kier alpha value is -4.17.